The van der Waals surface area contributed by atoms with Crippen molar-refractivity contribution in [3.8, 4) is 23.8 Å². The fourth-order valence-corrected chi connectivity index (χ4v) is 4.03. The number of anilines is 1. The SMILES string of the molecule is COc1cc(C#N)ccc1C1C(C(=O)O)=C(C)Nc2c(C)cnc(OCC3(C#N)CC3)c21. The van der Waals surface area contributed by atoms with Crippen LogP contribution >= 0.6 is 0 Å². The van der Waals surface area contributed by atoms with E-state index in [4.69, 9.17) is 9.47 Å². The van der Waals surface area contributed by atoms with Gasteiger partial charge in [-0.15, -0.1) is 0 Å². The number of aliphatic carboxylic acids is 1. The molecule has 2 N–H and O–H groups in total. The molecular weight excluding hydrogens is 408 g/mol. The van der Waals surface area contributed by atoms with E-state index in [1.54, 1.807) is 31.3 Å². The number of rotatable bonds is 6. The number of hydrogen-bond acceptors (Lipinski definition) is 7. The van der Waals surface area contributed by atoms with Crippen LogP contribution in [0, 0.1) is 35.0 Å². The molecule has 4 rings (SSSR count). The molecule has 0 spiro atoms. The molecule has 0 bridgehead atoms. The maximum Gasteiger partial charge on any atom is 0.334 e. The van der Waals surface area contributed by atoms with Gasteiger partial charge in [0.1, 0.15) is 12.4 Å². The predicted molar refractivity (Wildman–Crippen MR) is 115 cm³/mol. The highest BCUT2D eigenvalue weighted by Gasteiger charge is 2.45. The van der Waals surface area contributed by atoms with E-state index in [0.29, 0.717) is 28.1 Å². The third-order valence-electron chi connectivity index (χ3n) is 6.04. The van der Waals surface area contributed by atoms with Crippen LogP contribution in [0.25, 0.3) is 0 Å². The van der Waals surface area contributed by atoms with Gasteiger partial charge in [0.15, 0.2) is 0 Å². The van der Waals surface area contributed by atoms with Gasteiger partial charge in [-0.25, -0.2) is 9.78 Å². The number of carboxylic acids is 1. The smallest absolute Gasteiger partial charge is 0.334 e. The second kappa shape index (κ2) is 7.90. The number of benzene rings is 1. The van der Waals surface area contributed by atoms with Crippen molar-refractivity contribution in [2.75, 3.05) is 19.0 Å². The number of aromatic nitrogens is 1. The molecule has 1 aromatic heterocycles. The third-order valence-corrected chi connectivity index (χ3v) is 6.04. The summed E-state index contributed by atoms with van der Waals surface area (Å²) in [5.41, 5.74) is 3.24. The Kier molecular flexibility index (Phi) is 5.23. The van der Waals surface area contributed by atoms with E-state index < -0.39 is 17.3 Å². The van der Waals surface area contributed by atoms with Crippen LogP contribution < -0.4 is 14.8 Å². The molecule has 0 saturated heterocycles. The lowest BCUT2D eigenvalue weighted by atomic mass is 9.79. The number of carbonyl (C=O) groups is 1. The van der Waals surface area contributed by atoms with E-state index >= 15 is 0 Å². The molecule has 2 aromatic rings. The molecule has 1 aliphatic heterocycles. The molecule has 0 amide bonds. The van der Waals surface area contributed by atoms with Crippen molar-refractivity contribution in [3.63, 3.8) is 0 Å². The minimum atomic E-state index is -1.08. The average molecular weight is 430 g/mol. The van der Waals surface area contributed by atoms with Gasteiger partial charge in [0.25, 0.3) is 0 Å². The van der Waals surface area contributed by atoms with Crippen molar-refractivity contribution >= 4 is 11.7 Å². The first-order valence-electron chi connectivity index (χ1n) is 10.2. The first-order valence-corrected chi connectivity index (χ1v) is 10.2. The highest BCUT2D eigenvalue weighted by Crippen LogP contribution is 2.50. The van der Waals surface area contributed by atoms with Gasteiger partial charge in [-0.1, -0.05) is 6.07 Å². The van der Waals surface area contributed by atoms with E-state index in [1.807, 2.05) is 6.92 Å². The number of nitrogens with zero attached hydrogens (tertiary/aromatic N) is 3. The monoisotopic (exact) mass is 430 g/mol. The van der Waals surface area contributed by atoms with Crippen LogP contribution in [0.2, 0.25) is 0 Å². The first kappa shape index (κ1) is 21.2. The Morgan fingerprint density at radius 1 is 1.34 bits per heavy atom. The summed E-state index contributed by atoms with van der Waals surface area (Å²) in [4.78, 5) is 16.8. The molecule has 1 unspecified atom stereocenters. The van der Waals surface area contributed by atoms with Gasteiger partial charge in [0.05, 0.1) is 53.0 Å². The molecule has 1 fully saturated rings. The minimum Gasteiger partial charge on any atom is -0.496 e. The zero-order valence-electron chi connectivity index (χ0n) is 18.0. The minimum absolute atomic E-state index is 0.138. The summed E-state index contributed by atoms with van der Waals surface area (Å²) in [6.07, 6.45) is 3.20. The number of methoxy groups -OCH3 is 1. The molecular formula is C24H22N4O4. The Balaban J connectivity index is 1.93. The molecule has 32 heavy (non-hydrogen) atoms. The van der Waals surface area contributed by atoms with Crippen LogP contribution in [0.15, 0.2) is 35.7 Å². The molecule has 2 aliphatic rings. The number of nitriles is 2. The van der Waals surface area contributed by atoms with Gasteiger partial charge in [0.2, 0.25) is 5.88 Å². The van der Waals surface area contributed by atoms with Crippen molar-refractivity contribution < 1.29 is 19.4 Å². The zero-order chi connectivity index (χ0) is 23.0. The quantitative estimate of drug-likeness (QED) is 0.707. The van der Waals surface area contributed by atoms with Crippen LogP contribution in [-0.2, 0) is 4.79 Å². The summed E-state index contributed by atoms with van der Waals surface area (Å²) in [5.74, 6) is -1.15. The molecule has 1 aliphatic carbocycles. The number of fused-ring (bicyclic) bond motifs is 1. The van der Waals surface area contributed by atoms with Crippen LogP contribution in [0.3, 0.4) is 0 Å². The molecule has 1 saturated carbocycles. The van der Waals surface area contributed by atoms with Crippen LogP contribution in [0.1, 0.15) is 47.9 Å². The lowest BCUT2D eigenvalue weighted by Crippen LogP contribution is -2.25. The summed E-state index contributed by atoms with van der Waals surface area (Å²) in [6, 6.07) is 9.30. The topological polar surface area (TPSA) is 128 Å². The number of nitrogens with one attached hydrogen (secondary N) is 1. The van der Waals surface area contributed by atoms with Gasteiger partial charge < -0.3 is 19.9 Å². The lowest BCUT2D eigenvalue weighted by molar-refractivity contribution is -0.133. The van der Waals surface area contributed by atoms with Gasteiger partial charge in [-0.2, -0.15) is 10.5 Å². The van der Waals surface area contributed by atoms with Crippen molar-refractivity contribution in [1.29, 1.82) is 10.5 Å². The second-order valence-corrected chi connectivity index (χ2v) is 8.19. The standard InChI is InChI=1S/C24H22N4O4/c1-13-10-27-22(32-12-24(11-26)6-7-24)20-19(18(23(29)30)14(2)28-21(13)20)16-5-4-15(9-25)8-17(16)31-3/h4-5,8,10,19,28H,6-7,12H2,1-3H3,(H,29,30). The van der Waals surface area contributed by atoms with Gasteiger partial charge in [0, 0.05) is 17.5 Å². The molecule has 1 atom stereocenters. The maximum atomic E-state index is 12.4. The summed E-state index contributed by atoms with van der Waals surface area (Å²) >= 11 is 0. The van der Waals surface area contributed by atoms with Gasteiger partial charge >= 0.3 is 5.97 Å². The first-order chi connectivity index (χ1) is 15.3. The van der Waals surface area contributed by atoms with E-state index in [1.165, 1.54) is 7.11 Å². The number of carboxylic acid groups (broad SMARTS) is 1. The maximum absolute atomic E-state index is 12.4. The second-order valence-electron chi connectivity index (χ2n) is 8.19. The molecule has 2 heterocycles. The molecule has 0 radical (unpaired) electrons. The fraction of sp³-hybridized carbons (Fsp3) is 0.333. The lowest BCUT2D eigenvalue weighted by Gasteiger charge is -2.32. The zero-order valence-corrected chi connectivity index (χ0v) is 18.0. The number of ether oxygens (including phenoxy) is 2. The highest BCUT2D eigenvalue weighted by molar-refractivity contribution is 5.94. The molecule has 162 valence electrons. The van der Waals surface area contributed by atoms with E-state index in [2.05, 4.69) is 22.4 Å². The number of aryl methyl sites for hydroxylation is 1. The Labute approximate surface area is 185 Å². The predicted octanol–water partition coefficient (Wildman–Crippen LogP) is 3.87. The number of pyridine rings is 1. The Hall–Kier alpha value is -4.04. The average Bonchev–Trinajstić information content (AvgIpc) is 3.58. The van der Waals surface area contributed by atoms with Crippen molar-refractivity contribution in [3.05, 3.63) is 57.9 Å². The van der Waals surface area contributed by atoms with E-state index in [9.17, 15) is 20.4 Å². The summed E-state index contributed by atoms with van der Waals surface area (Å²) in [7, 11) is 1.48. The Morgan fingerprint density at radius 3 is 2.69 bits per heavy atom. The highest BCUT2D eigenvalue weighted by atomic mass is 16.5. The van der Waals surface area contributed by atoms with Crippen LogP contribution in [0.5, 0.6) is 11.6 Å². The largest absolute Gasteiger partial charge is 0.496 e. The number of allylic oxidation sites excluding steroid dienone is 1. The van der Waals surface area contributed by atoms with Crippen molar-refractivity contribution in [1.82, 2.24) is 4.98 Å². The third kappa shape index (κ3) is 3.50. The fourth-order valence-electron chi connectivity index (χ4n) is 4.03. The number of hydrogen-bond donors (Lipinski definition) is 2. The van der Waals surface area contributed by atoms with Gasteiger partial charge in [-0.05, 0) is 44.4 Å². The summed E-state index contributed by atoms with van der Waals surface area (Å²) in [6.45, 7) is 3.78. The molecule has 1 aromatic carbocycles. The van der Waals surface area contributed by atoms with E-state index in [-0.39, 0.29) is 18.1 Å². The van der Waals surface area contributed by atoms with E-state index in [0.717, 1.165) is 24.1 Å². The van der Waals surface area contributed by atoms with Crippen molar-refractivity contribution in [2.24, 2.45) is 5.41 Å². The Bertz CT molecular complexity index is 1230. The molecule has 8 heteroatoms. The summed E-state index contributed by atoms with van der Waals surface area (Å²) in [5, 5.41) is 32.0. The molecule has 8 nitrogen and oxygen atoms in total. The summed E-state index contributed by atoms with van der Waals surface area (Å²) < 4.78 is 11.6. The normalized spacial score (nSPS) is 18.0. The van der Waals surface area contributed by atoms with Crippen LogP contribution in [0.4, 0.5) is 5.69 Å². The van der Waals surface area contributed by atoms with Crippen molar-refractivity contribution in [2.45, 2.75) is 32.6 Å². The van der Waals surface area contributed by atoms with Crippen LogP contribution in [-0.4, -0.2) is 29.8 Å². The Morgan fingerprint density at radius 2 is 2.09 bits per heavy atom. The van der Waals surface area contributed by atoms with Gasteiger partial charge in [-0.3, -0.25) is 0 Å².